The van der Waals surface area contributed by atoms with Gasteiger partial charge in [0.25, 0.3) is 0 Å². The lowest BCUT2D eigenvalue weighted by Crippen LogP contribution is -2.42. The number of amides is 1. The van der Waals surface area contributed by atoms with Gasteiger partial charge in [-0.15, -0.1) is 0 Å². The molecule has 0 unspecified atom stereocenters. The third kappa shape index (κ3) is 5.80. The van der Waals surface area contributed by atoms with Crippen molar-refractivity contribution in [3.63, 3.8) is 0 Å². The van der Waals surface area contributed by atoms with Crippen molar-refractivity contribution in [2.24, 2.45) is 12.0 Å². The molecule has 26 heavy (non-hydrogen) atoms. The van der Waals surface area contributed by atoms with Crippen molar-refractivity contribution in [1.29, 1.82) is 0 Å². The number of carbonyl (C=O) groups excluding carboxylic acids is 1. The Labute approximate surface area is 153 Å². The van der Waals surface area contributed by atoms with Gasteiger partial charge in [0.1, 0.15) is 5.75 Å². The molecule has 1 aromatic carbocycles. The molecule has 1 amide bonds. The highest BCUT2D eigenvalue weighted by molar-refractivity contribution is 5.86. The van der Waals surface area contributed by atoms with Crippen molar-refractivity contribution in [3.05, 3.63) is 47.8 Å². The van der Waals surface area contributed by atoms with Crippen LogP contribution in [0.3, 0.4) is 0 Å². The quantitative estimate of drug-likeness (QED) is 0.564. The van der Waals surface area contributed by atoms with Crippen LogP contribution >= 0.6 is 0 Å². The Morgan fingerprint density at radius 1 is 1.23 bits per heavy atom. The van der Waals surface area contributed by atoms with E-state index in [1.165, 1.54) is 4.90 Å². The second kappa shape index (κ2) is 9.45. The van der Waals surface area contributed by atoms with Gasteiger partial charge in [-0.1, -0.05) is 12.1 Å². The van der Waals surface area contributed by atoms with E-state index in [-0.39, 0.29) is 12.5 Å². The minimum atomic E-state index is -0.0236. The van der Waals surface area contributed by atoms with Gasteiger partial charge >= 0.3 is 0 Å². The number of hydrogen-bond donors (Lipinski definition) is 2. The molecule has 2 N–H and O–H groups in total. The number of nitrogens with zero attached hydrogens (tertiary/aromatic N) is 4. The second-order valence-corrected chi connectivity index (χ2v) is 5.95. The van der Waals surface area contributed by atoms with Gasteiger partial charge in [-0.25, -0.2) is 4.99 Å². The average molecular weight is 358 g/mol. The number of hydrogen-bond acceptors (Lipinski definition) is 4. The van der Waals surface area contributed by atoms with Gasteiger partial charge in [0.15, 0.2) is 5.96 Å². The van der Waals surface area contributed by atoms with Crippen LogP contribution in [0.1, 0.15) is 11.3 Å². The Kier molecular flexibility index (Phi) is 7.02. The zero-order valence-electron chi connectivity index (χ0n) is 15.7. The largest absolute Gasteiger partial charge is 0.497 e. The van der Waals surface area contributed by atoms with Crippen molar-refractivity contribution < 1.29 is 9.53 Å². The van der Waals surface area contributed by atoms with Crippen molar-refractivity contribution in [2.75, 3.05) is 27.7 Å². The number of likely N-dealkylation sites (N-methyl/N-ethyl adjacent to an activating group) is 1. The highest BCUT2D eigenvalue weighted by atomic mass is 16.5. The van der Waals surface area contributed by atoms with E-state index in [0.717, 1.165) is 17.0 Å². The summed E-state index contributed by atoms with van der Waals surface area (Å²) in [6.07, 6.45) is 1.74. The summed E-state index contributed by atoms with van der Waals surface area (Å²) in [4.78, 5) is 17.9. The topological polar surface area (TPSA) is 83.8 Å². The molecule has 140 valence electrons. The molecule has 0 aliphatic heterocycles. The first kappa shape index (κ1) is 19.3. The van der Waals surface area contributed by atoms with E-state index in [4.69, 9.17) is 4.74 Å². The predicted octanol–water partition coefficient (Wildman–Crippen LogP) is 0.752. The van der Waals surface area contributed by atoms with E-state index in [0.29, 0.717) is 19.0 Å². The SMILES string of the molecule is COc1ccc(CN=C(NCC(=O)N(C)C)NCc2ccnn2C)cc1. The van der Waals surface area contributed by atoms with Crippen LogP contribution in [-0.2, 0) is 24.9 Å². The van der Waals surface area contributed by atoms with Gasteiger partial charge in [0.2, 0.25) is 5.91 Å². The van der Waals surface area contributed by atoms with Crippen LogP contribution in [0.15, 0.2) is 41.5 Å². The molecule has 0 saturated heterocycles. The van der Waals surface area contributed by atoms with Crippen LogP contribution in [0.25, 0.3) is 0 Å². The maximum atomic E-state index is 11.8. The fourth-order valence-electron chi connectivity index (χ4n) is 2.14. The molecule has 0 bridgehead atoms. The molecule has 0 spiro atoms. The van der Waals surface area contributed by atoms with Gasteiger partial charge in [-0.05, 0) is 23.8 Å². The minimum Gasteiger partial charge on any atom is -0.497 e. The maximum Gasteiger partial charge on any atom is 0.241 e. The molecule has 2 aromatic rings. The third-order valence-electron chi connectivity index (χ3n) is 3.84. The van der Waals surface area contributed by atoms with Gasteiger partial charge in [0, 0.05) is 27.3 Å². The number of benzene rings is 1. The number of aryl methyl sites for hydroxylation is 1. The predicted molar refractivity (Wildman–Crippen MR) is 101 cm³/mol. The standard InChI is InChI=1S/C18H26N6O2/c1-23(2)17(25)13-21-18(20-12-15-9-10-22-24(15)3)19-11-14-5-7-16(26-4)8-6-14/h5-10H,11-13H2,1-4H3,(H2,19,20,21). The van der Waals surface area contributed by atoms with Gasteiger partial charge < -0.3 is 20.3 Å². The van der Waals surface area contributed by atoms with E-state index in [2.05, 4.69) is 20.7 Å². The van der Waals surface area contributed by atoms with Crippen LogP contribution in [0.5, 0.6) is 5.75 Å². The molecule has 1 heterocycles. The molecule has 1 aromatic heterocycles. The number of aliphatic imine (C=N–C) groups is 1. The summed E-state index contributed by atoms with van der Waals surface area (Å²) in [6.45, 7) is 1.22. The van der Waals surface area contributed by atoms with Crippen molar-refractivity contribution in [3.8, 4) is 5.75 Å². The lowest BCUT2D eigenvalue weighted by Gasteiger charge is -2.15. The summed E-state index contributed by atoms with van der Waals surface area (Å²) in [7, 11) is 6.97. The first-order valence-electron chi connectivity index (χ1n) is 8.31. The molecule has 0 saturated carbocycles. The van der Waals surface area contributed by atoms with Crippen molar-refractivity contribution in [2.45, 2.75) is 13.1 Å². The summed E-state index contributed by atoms with van der Waals surface area (Å²) in [5.41, 5.74) is 2.06. The number of nitrogens with one attached hydrogen (secondary N) is 2. The number of ether oxygens (including phenoxy) is 1. The highest BCUT2D eigenvalue weighted by Crippen LogP contribution is 2.11. The lowest BCUT2D eigenvalue weighted by atomic mass is 10.2. The van der Waals surface area contributed by atoms with E-state index in [1.807, 2.05) is 37.4 Å². The molecule has 0 aliphatic rings. The molecule has 0 radical (unpaired) electrons. The van der Waals surface area contributed by atoms with E-state index in [9.17, 15) is 4.79 Å². The molecular formula is C18H26N6O2. The lowest BCUT2D eigenvalue weighted by molar-refractivity contribution is -0.127. The maximum absolute atomic E-state index is 11.8. The molecular weight excluding hydrogens is 332 g/mol. The van der Waals surface area contributed by atoms with Gasteiger partial charge in [-0.3, -0.25) is 9.48 Å². The summed E-state index contributed by atoms with van der Waals surface area (Å²) < 4.78 is 6.95. The first-order valence-corrected chi connectivity index (χ1v) is 8.31. The van der Waals surface area contributed by atoms with Crippen LogP contribution in [-0.4, -0.2) is 54.3 Å². The summed E-state index contributed by atoms with van der Waals surface area (Å²) >= 11 is 0. The summed E-state index contributed by atoms with van der Waals surface area (Å²) in [6, 6.07) is 9.66. The van der Waals surface area contributed by atoms with E-state index >= 15 is 0 Å². The second-order valence-electron chi connectivity index (χ2n) is 5.95. The molecule has 0 fully saturated rings. The Balaban J connectivity index is 2.02. The van der Waals surface area contributed by atoms with Crippen LogP contribution in [0, 0.1) is 0 Å². The molecule has 0 atom stereocenters. The smallest absolute Gasteiger partial charge is 0.241 e. The average Bonchev–Trinajstić information content (AvgIpc) is 3.06. The van der Waals surface area contributed by atoms with Crippen LogP contribution in [0.2, 0.25) is 0 Å². The molecule has 2 rings (SSSR count). The highest BCUT2D eigenvalue weighted by Gasteiger charge is 2.07. The monoisotopic (exact) mass is 358 g/mol. The Bertz CT molecular complexity index is 736. The Morgan fingerprint density at radius 3 is 2.54 bits per heavy atom. The molecule has 8 heteroatoms. The fourth-order valence-corrected chi connectivity index (χ4v) is 2.14. The van der Waals surface area contributed by atoms with E-state index < -0.39 is 0 Å². The number of aromatic nitrogens is 2. The normalized spacial score (nSPS) is 11.2. The zero-order valence-corrected chi connectivity index (χ0v) is 15.7. The van der Waals surface area contributed by atoms with Gasteiger partial charge in [-0.2, -0.15) is 5.10 Å². The molecule has 8 nitrogen and oxygen atoms in total. The zero-order chi connectivity index (χ0) is 18.9. The Hall–Kier alpha value is -3.03. The van der Waals surface area contributed by atoms with Crippen LogP contribution in [0.4, 0.5) is 0 Å². The van der Waals surface area contributed by atoms with Crippen molar-refractivity contribution in [1.82, 2.24) is 25.3 Å². The third-order valence-corrected chi connectivity index (χ3v) is 3.84. The number of rotatable bonds is 7. The Morgan fingerprint density at radius 2 is 1.96 bits per heavy atom. The first-order chi connectivity index (χ1) is 12.5. The number of guanidine groups is 1. The number of methoxy groups -OCH3 is 1. The molecule has 0 aliphatic carbocycles. The number of carbonyl (C=O) groups is 1. The van der Waals surface area contributed by atoms with Crippen molar-refractivity contribution >= 4 is 11.9 Å². The fraction of sp³-hybridized carbons (Fsp3) is 0.389. The minimum absolute atomic E-state index is 0.0236. The van der Waals surface area contributed by atoms with E-state index in [1.54, 1.807) is 32.1 Å². The van der Waals surface area contributed by atoms with Gasteiger partial charge in [0.05, 0.1) is 32.4 Å². The summed E-state index contributed by atoms with van der Waals surface area (Å²) in [5, 5.41) is 10.4. The summed E-state index contributed by atoms with van der Waals surface area (Å²) in [5.74, 6) is 1.35. The van der Waals surface area contributed by atoms with Crippen LogP contribution < -0.4 is 15.4 Å².